The number of nitrogens with one attached hydrogen (secondary N) is 2. The lowest BCUT2D eigenvalue weighted by Gasteiger charge is -2.28. The Morgan fingerprint density at radius 2 is 2.18 bits per heavy atom. The van der Waals surface area contributed by atoms with Crippen molar-refractivity contribution in [2.75, 3.05) is 13.7 Å². The number of rotatable bonds is 9. The van der Waals surface area contributed by atoms with Crippen LogP contribution in [0.15, 0.2) is 60.1 Å². The second-order valence-corrected chi connectivity index (χ2v) is 10.1. The largest absolute Gasteiger partial charge is 0.405 e. The Morgan fingerprint density at radius 3 is 2.84 bits per heavy atom. The summed E-state index contributed by atoms with van der Waals surface area (Å²) < 4.78 is 19.8. The highest BCUT2D eigenvalue weighted by Crippen LogP contribution is 2.52. The first-order chi connectivity index (χ1) is 18.2. The number of nitrogens with two attached hydrogens (primary N) is 1. The van der Waals surface area contributed by atoms with Crippen molar-refractivity contribution < 1.29 is 18.7 Å². The summed E-state index contributed by atoms with van der Waals surface area (Å²) in [6.07, 6.45) is 16.7. The summed E-state index contributed by atoms with van der Waals surface area (Å²) >= 11 is 0. The maximum absolute atomic E-state index is 14.5. The van der Waals surface area contributed by atoms with E-state index in [-0.39, 0.29) is 30.4 Å². The fourth-order valence-corrected chi connectivity index (χ4v) is 5.16. The van der Waals surface area contributed by atoms with Crippen LogP contribution in [-0.2, 0) is 20.9 Å². The molecule has 0 bridgehead atoms. The number of ether oxygens (including phenoxy) is 1. The Kier molecular flexibility index (Phi) is 8.08. The number of methoxy groups -OCH3 is 1. The van der Waals surface area contributed by atoms with Gasteiger partial charge in [-0.25, -0.2) is 4.39 Å². The molecule has 1 aliphatic carbocycles. The number of carbonyl (C=O) groups excluding carboxylic acids is 2. The number of carbonyl (C=O) groups is 2. The lowest BCUT2D eigenvalue weighted by Crippen LogP contribution is -2.45. The molecular weight excluding hydrogens is 483 g/mol. The fourth-order valence-electron chi connectivity index (χ4n) is 5.16. The van der Waals surface area contributed by atoms with Gasteiger partial charge in [0.15, 0.2) is 0 Å². The van der Waals surface area contributed by atoms with Gasteiger partial charge in [-0.15, -0.1) is 6.42 Å². The Balaban J connectivity index is 1.48. The summed E-state index contributed by atoms with van der Waals surface area (Å²) in [5, 5.41) is 6.03. The molecule has 3 unspecified atom stereocenters. The number of likely N-dealkylation sites (tertiary alicyclic amines) is 1. The van der Waals surface area contributed by atoms with Crippen molar-refractivity contribution in [2.24, 2.45) is 17.1 Å². The maximum Gasteiger partial charge on any atom is 0.246 e. The van der Waals surface area contributed by atoms with Crippen molar-refractivity contribution in [3.8, 4) is 12.3 Å². The van der Waals surface area contributed by atoms with Crippen molar-refractivity contribution in [3.63, 3.8) is 0 Å². The zero-order valence-corrected chi connectivity index (χ0v) is 22.1. The number of benzene rings is 1. The number of dihydropyridines is 1. The number of hydrogen-bond acceptors (Lipinski definition) is 5. The van der Waals surface area contributed by atoms with Gasteiger partial charge in [-0.1, -0.05) is 5.92 Å². The number of amides is 2. The van der Waals surface area contributed by atoms with E-state index in [1.54, 1.807) is 30.2 Å². The van der Waals surface area contributed by atoms with E-state index < -0.39 is 17.3 Å². The number of terminal acetylenes is 1. The molecule has 0 aromatic heterocycles. The van der Waals surface area contributed by atoms with Gasteiger partial charge in [0.2, 0.25) is 11.8 Å². The summed E-state index contributed by atoms with van der Waals surface area (Å²) in [5.74, 6) is 2.28. The summed E-state index contributed by atoms with van der Waals surface area (Å²) in [5.41, 5.74) is 8.23. The molecule has 2 aliphatic heterocycles. The topological polar surface area (TPSA) is 96.7 Å². The molecule has 2 fully saturated rings. The summed E-state index contributed by atoms with van der Waals surface area (Å²) in [6.45, 7) is 4.37. The van der Waals surface area contributed by atoms with Crippen LogP contribution in [0, 0.1) is 29.5 Å². The molecular formula is C30H35FN4O3. The smallest absolute Gasteiger partial charge is 0.246 e. The normalized spacial score (nSPS) is 24.5. The van der Waals surface area contributed by atoms with E-state index in [0.717, 1.165) is 18.5 Å². The Morgan fingerprint density at radius 1 is 1.42 bits per heavy atom. The quantitative estimate of drug-likeness (QED) is 0.344. The first-order valence-electron chi connectivity index (χ1n) is 12.9. The van der Waals surface area contributed by atoms with Crippen LogP contribution in [0.2, 0.25) is 0 Å². The molecule has 1 aromatic rings. The van der Waals surface area contributed by atoms with Crippen LogP contribution in [0.4, 0.5) is 4.39 Å². The summed E-state index contributed by atoms with van der Waals surface area (Å²) in [6, 6.07) is 3.92. The lowest BCUT2D eigenvalue weighted by atomic mass is 9.82. The fraction of sp³-hybridized carbons (Fsp3) is 0.400. The molecule has 3 aliphatic rings. The van der Waals surface area contributed by atoms with Crippen molar-refractivity contribution in [1.82, 2.24) is 15.5 Å². The lowest BCUT2D eigenvalue weighted by molar-refractivity contribution is -0.132. The van der Waals surface area contributed by atoms with Crippen LogP contribution < -0.4 is 16.4 Å². The number of allylic oxidation sites excluding steroid dienone is 4. The van der Waals surface area contributed by atoms with Crippen LogP contribution in [0.5, 0.6) is 0 Å². The maximum atomic E-state index is 14.5. The number of hydrogen-bond donors (Lipinski definition) is 3. The first kappa shape index (κ1) is 27.2. The van der Waals surface area contributed by atoms with Crippen LogP contribution >= 0.6 is 0 Å². The molecule has 8 heteroatoms. The predicted octanol–water partition coefficient (Wildman–Crippen LogP) is 3.35. The highest BCUT2D eigenvalue weighted by atomic mass is 19.1. The minimum absolute atomic E-state index is 0.0515. The van der Waals surface area contributed by atoms with Crippen LogP contribution in [0.25, 0.3) is 5.57 Å². The van der Waals surface area contributed by atoms with Gasteiger partial charge in [0.25, 0.3) is 0 Å². The van der Waals surface area contributed by atoms with E-state index in [0.29, 0.717) is 35.4 Å². The molecule has 7 nitrogen and oxygen atoms in total. The average molecular weight is 519 g/mol. The zero-order chi connectivity index (χ0) is 27.4. The molecule has 1 saturated carbocycles. The van der Waals surface area contributed by atoms with Gasteiger partial charge in [-0.2, -0.15) is 0 Å². The van der Waals surface area contributed by atoms with E-state index in [4.69, 9.17) is 16.9 Å². The van der Waals surface area contributed by atoms with Gasteiger partial charge >= 0.3 is 0 Å². The molecule has 4 N–H and O–H groups in total. The van der Waals surface area contributed by atoms with Crippen molar-refractivity contribution >= 4 is 17.4 Å². The third-order valence-corrected chi connectivity index (χ3v) is 7.39. The van der Waals surface area contributed by atoms with Gasteiger partial charge in [-0.05, 0) is 104 Å². The zero-order valence-electron chi connectivity index (χ0n) is 22.1. The van der Waals surface area contributed by atoms with Gasteiger partial charge in [0, 0.05) is 31.6 Å². The van der Waals surface area contributed by atoms with E-state index >= 15 is 0 Å². The van der Waals surface area contributed by atoms with Gasteiger partial charge in [0.05, 0.1) is 6.10 Å². The highest BCUT2D eigenvalue weighted by Gasteiger charge is 2.55. The van der Waals surface area contributed by atoms with Crippen molar-refractivity contribution in [2.45, 2.75) is 51.8 Å². The molecule has 4 rings (SSSR count). The Labute approximate surface area is 223 Å². The molecule has 2 amide bonds. The van der Waals surface area contributed by atoms with Crippen LogP contribution in [-0.4, -0.2) is 42.5 Å². The molecule has 200 valence electrons. The number of nitrogens with zero attached hydrogens (tertiary/aromatic N) is 1. The molecule has 1 aromatic carbocycles. The van der Waals surface area contributed by atoms with E-state index in [1.807, 2.05) is 26.0 Å². The molecule has 0 spiro atoms. The van der Waals surface area contributed by atoms with E-state index in [2.05, 4.69) is 16.6 Å². The predicted molar refractivity (Wildman–Crippen MR) is 145 cm³/mol. The van der Waals surface area contributed by atoms with Gasteiger partial charge in [-0.3, -0.25) is 9.59 Å². The second-order valence-electron chi connectivity index (χ2n) is 10.1. The van der Waals surface area contributed by atoms with Gasteiger partial charge < -0.3 is 26.0 Å². The minimum atomic E-state index is -0.728. The molecule has 2 heterocycles. The molecule has 0 radical (unpaired) electrons. The van der Waals surface area contributed by atoms with Crippen molar-refractivity contribution in [3.05, 3.63) is 77.0 Å². The third-order valence-electron chi connectivity index (χ3n) is 7.39. The van der Waals surface area contributed by atoms with Crippen molar-refractivity contribution in [1.29, 1.82) is 0 Å². The summed E-state index contributed by atoms with van der Waals surface area (Å²) in [4.78, 5) is 28.1. The molecule has 3 atom stereocenters. The van der Waals surface area contributed by atoms with E-state index in [9.17, 15) is 14.0 Å². The van der Waals surface area contributed by atoms with Crippen LogP contribution in [0.3, 0.4) is 0 Å². The minimum Gasteiger partial charge on any atom is -0.405 e. The first-order valence-corrected chi connectivity index (χ1v) is 12.9. The third kappa shape index (κ3) is 5.68. The number of halogens is 1. The average Bonchev–Trinajstić information content (AvgIpc) is 3.69. The van der Waals surface area contributed by atoms with E-state index in [1.165, 1.54) is 18.3 Å². The Hall–Kier alpha value is -3.83. The second kappa shape index (κ2) is 11.3. The van der Waals surface area contributed by atoms with Crippen LogP contribution in [0.1, 0.15) is 44.2 Å². The highest BCUT2D eigenvalue weighted by molar-refractivity contribution is 5.91. The Bertz CT molecular complexity index is 1270. The standard InChI is InChI=1S/C30H35FN4O3/c1-5-30(24-6-7-24)9-11-35(29(30)37)26-12-19(2)34-27(17-26)28(36)33-18-21-14-23(16-25(31)15-21)22(8-10-32)13-20(3)38-4/h1,8,10,12-17,20,24,27,34H,6-7,9,11,18,32H2,2-4H3,(H,33,36)/b10-8-,22-13+. The summed E-state index contributed by atoms with van der Waals surface area (Å²) in [7, 11) is 1.59. The monoisotopic (exact) mass is 518 g/mol. The molecule has 38 heavy (non-hydrogen) atoms. The molecule has 1 saturated heterocycles. The SMILES string of the molecule is C#CC1(C2CC2)CCN(C2=CC(C(=O)NCc3cc(F)cc(C(/C=C\N)=C/C(C)OC)c3)NC(C)=C2)C1=O. The van der Waals surface area contributed by atoms with Gasteiger partial charge in [0.1, 0.15) is 17.3 Å².